The molecule has 0 radical (unpaired) electrons. The average Bonchev–Trinajstić information content (AvgIpc) is 2.10. The molecule has 1 aromatic carbocycles. The van der Waals surface area contributed by atoms with E-state index in [-0.39, 0.29) is 11.2 Å². The van der Waals surface area contributed by atoms with Crippen LogP contribution in [0.4, 0.5) is 4.39 Å². The van der Waals surface area contributed by atoms with E-state index in [0.717, 1.165) is 24.8 Å². The van der Waals surface area contributed by atoms with E-state index in [9.17, 15) is 4.39 Å². The van der Waals surface area contributed by atoms with E-state index in [4.69, 9.17) is 5.26 Å². The maximum atomic E-state index is 13.0. The molecule has 0 aliphatic heterocycles. The SMILES string of the molecule is N#CC1(c2ccc(F)c(I)c2)CCC1. The average molecular weight is 301 g/mol. The number of hydrogen-bond acceptors (Lipinski definition) is 1. The van der Waals surface area contributed by atoms with Crippen LogP contribution in [0.15, 0.2) is 18.2 Å². The highest BCUT2D eigenvalue weighted by Crippen LogP contribution is 2.43. The molecule has 1 nitrogen and oxygen atoms in total. The van der Waals surface area contributed by atoms with E-state index in [1.54, 1.807) is 12.1 Å². The van der Waals surface area contributed by atoms with Crippen molar-refractivity contribution < 1.29 is 4.39 Å². The Balaban J connectivity index is 2.42. The molecule has 1 aromatic rings. The molecule has 2 rings (SSSR count). The maximum Gasteiger partial charge on any atom is 0.136 e. The number of nitrogens with zero attached hydrogens (tertiary/aromatic N) is 1. The topological polar surface area (TPSA) is 23.8 Å². The largest absolute Gasteiger partial charge is 0.206 e. The van der Waals surface area contributed by atoms with Gasteiger partial charge in [0.25, 0.3) is 0 Å². The Bertz CT molecular complexity index is 404. The maximum absolute atomic E-state index is 13.0. The molecule has 0 N–H and O–H groups in total. The summed E-state index contributed by atoms with van der Waals surface area (Å²) in [6.45, 7) is 0. The fraction of sp³-hybridized carbons (Fsp3) is 0.364. The van der Waals surface area contributed by atoms with E-state index in [0.29, 0.717) is 3.57 Å². The van der Waals surface area contributed by atoms with Crippen molar-refractivity contribution in [3.63, 3.8) is 0 Å². The van der Waals surface area contributed by atoms with Gasteiger partial charge >= 0.3 is 0 Å². The molecule has 0 atom stereocenters. The van der Waals surface area contributed by atoms with Crippen molar-refractivity contribution in [2.75, 3.05) is 0 Å². The molecule has 0 heterocycles. The molecule has 0 saturated heterocycles. The predicted molar refractivity (Wildman–Crippen MR) is 60.3 cm³/mol. The third-order valence-electron chi connectivity index (χ3n) is 2.89. The lowest BCUT2D eigenvalue weighted by Gasteiger charge is -2.35. The monoisotopic (exact) mass is 301 g/mol. The van der Waals surface area contributed by atoms with Gasteiger partial charge in [0, 0.05) is 3.57 Å². The first-order valence-electron chi connectivity index (χ1n) is 4.55. The predicted octanol–water partition coefficient (Wildman–Crippen LogP) is 3.38. The summed E-state index contributed by atoms with van der Waals surface area (Å²) in [6, 6.07) is 7.33. The quantitative estimate of drug-likeness (QED) is 0.730. The van der Waals surface area contributed by atoms with Crippen molar-refractivity contribution in [2.24, 2.45) is 0 Å². The number of nitriles is 1. The van der Waals surface area contributed by atoms with Crippen molar-refractivity contribution in [3.05, 3.63) is 33.1 Å². The molecule has 72 valence electrons. The summed E-state index contributed by atoms with van der Waals surface area (Å²) in [6.07, 6.45) is 2.91. The van der Waals surface area contributed by atoms with Crippen LogP contribution in [-0.4, -0.2) is 0 Å². The van der Waals surface area contributed by atoms with Gasteiger partial charge in [-0.3, -0.25) is 0 Å². The molecule has 14 heavy (non-hydrogen) atoms. The normalized spacial score (nSPS) is 18.4. The van der Waals surface area contributed by atoms with Gasteiger partial charge in [0.05, 0.1) is 11.5 Å². The summed E-state index contributed by atoms with van der Waals surface area (Å²) in [7, 11) is 0. The third-order valence-corrected chi connectivity index (χ3v) is 3.72. The van der Waals surface area contributed by atoms with Crippen LogP contribution in [0.25, 0.3) is 0 Å². The number of rotatable bonds is 1. The van der Waals surface area contributed by atoms with E-state index in [1.165, 1.54) is 6.07 Å². The molecule has 1 aliphatic carbocycles. The van der Waals surface area contributed by atoms with Crippen molar-refractivity contribution in [2.45, 2.75) is 24.7 Å². The summed E-state index contributed by atoms with van der Waals surface area (Å²) in [5.74, 6) is -0.207. The lowest BCUT2D eigenvalue weighted by Crippen LogP contribution is -2.32. The summed E-state index contributed by atoms with van der Waals surface area (Å²) < 4.78 is 13.6. The highest BCUT2D eigenvalue weighted by atomic mass is 127. The van der Waals surface area contributed by atoms with Gasteiger partial charge < -0.3 is 0 Å². The van der Waals surface area contributed by atoms with Gasteiger partial charge in [-0.05, 0) is 59.5 Å². The minimum absolute atomic E-state index is 0.207. The fourth-order valence-electron chi connectivity index (χ4n) is 1.79. The Hall–Kier alpha value is -0.630. The van der Waals surface area contributed by atoms with Gasteiger partial charge in [0.15, 0.2) is 0 Å². The first-order chi connectivity index (χ1) is 6.68. The van der Waals surface area contributed by atoms with Crippen molar-refractivity contribution in [3.8, 4) is 6.07 Å². The van der Waals surface area contributed by atoms with Crippen molar-refractivity contribution in [1.29, 1.82) is 5.26 Å². The summed E-state index contributed by atoms with van der Waals surface area (Å²) >= 11 is 1.96. The van der Waals surface area contributed by atoms with Crippen molar-refractivity contribution in [1.82, 2.24) is 0 Å². The lowest BCUT2D eigenvalue weighted by molar-refractivity contribution is 0.323. The van der Waals surface area contributed by atoms with Crippen LogP contribution in [0.1, 0.15) is 24.8 Å². The zero-order valence-electron chi connectivity index (χ0n) is 7.56. The van der Waals surface area contributed by atoms with Crippen LogP contribution in [0.3, 0.4) is 0 Å². The van der Waals surface area contributed by atoms with Gasteiger partial charge in [-0.25, -0.2) is 4.39 Å². The van der Waals surface area contributed by atoms with E-state index in [1.807, 2.05) is 22.6 Å². The van der Waals surface area contributed by atoms with Crippen LogP contribution >= 0.6 is 22.6 Å². The van der Waals surface area contributed by atoms with Crippen LogP contribution in [0.5, 0.6) is 0 Å². The fourth-order valence-corrected chi connectivity index (χ4v) is 2.30. The Morgan fingerprint density at radius 2 is 2.14 bits per heavy atom. The van der Waals surface area contributed by atoms with Gasteiger partial charge in [-0.1, -0.05) is 6.07 Å². The third kappa shape index (κ3) is 1.42. The van der Waals surface area contributed by atoms with Crippen LogP contribution in [0.2, 0.25) is 0 Å². The number of benzene rings is 1. The zero-order chi connectivity index (χ0) is 10.2. The molecule has 0 spiro atoms. The Morgan fingerprint density at radius 3 is 2.57 bits per heavy atom. The van der Waals surface area contributed by atoms with E-state index < -0.39 is 0 Å². The van der Waals surface area contributed by atoms with Gasteiger partial charge in [0.1, 0.15) is 5.82 Å². The van der Waals surface area contributed by atoms with Crippen LogP contribution in [0, 0.1) is 20.7 Å². The number of hydrogen-bond donors (Lipinski definition) is 0. The number of halogens is 2. The van der Waals surface area contributed by atoms with Crippen LogP contribution < -0.4 is 0 Å². The molecule has 1 aliphatic rings. The molecular formula is C11H9FIN. The molecule has 0 bridgehead atoms. The minimum atomic E-state index is -0.326. The smallest absolute Gasteiger partial charge is 0.136 e. The summed E-state index contributed by atoms with van der Waals surface area (Å²) in [5, 5.41) is 9.10. The molecule has 1 saturated carbocycles. The highest BCUT2D eigenvalue weighted by molar-refractivity contribution is 14.1. The van der Waals surface area contributed by atoms with Gasteiger partial charge in [-0.15, -0.1) is 0 Å². The second kappa shape index (κ2) is 3.50. The highest BCUT2D eigenvalue weighted by Gasteiger charge is 2.39. The summed E-state index contributed by atoms with van der Waals surface area (Å²) in [4.78, 5) is 0. The zero-order valence-corrected chi connectivity index (χ0v) is 9.71. The Kier molecular flexibility index (Phi) is 2.48. The molecule has 0 unspecified atom stereocenters. The van der Waals surface area contributed by atoms with E-state index >= 15 is 0 Å². The van der Waals surface area contributed by atoms with Crippen LogP contribution in [-0.2, 0) is 5.41 Å². The molecular weight excluding hydrogens is 292 g/mol. The van der Waals surface area contributed by atoms with E-state index in [2.05, 4.69) is 6.07 Å². The first kappa shape index (κ1) is 9.91. The Labute approximate surface area is 96.1 Å². The van der Waals surface area contributed by atoms with Crippen molar-refractivity contribution >= 4 is 22.6 Å². The van der Waals surface area contributed by atoms with Gasteiger partial charge in [-0.2, -0.15) is 5.26 Å². The molecule has 0 amide bonds. The molecule has 1 fully saturated rings. The van der Waals surface area contributed by atoms with Gasteiger partial charge in [0.2, 0.25) is 0 Å². The standard InChI is InChI=1S/C11H9FIN/c12-9-3-2-8(6-10(9)13)11(7-14)4-1-5-11/h2-3,6H,1,4-5H2. The minimum Gasteiger partial charge on any atom is -0.206 e. The molecule has 0 aromatic heterocycles. The lowest BCUT2D eigenvalue weighted by atomic mass is 9.65. The molecule has 3 heteroatoms. The second-order valence-corrected chi connectivity index (χ2v) is 4.84. The Morgan fingerprint density at radius 1 is 1.43 bits per heavy atom. The first-order valence-corrected chi connectivity index (χ1v) is 5.63. The summed E-state index contributed by atoms with van der Waals surface area (Å²) in [5.41, 5.74) is 0.644. The second-order valence-electron chi connectivity index (χ2n) is 3.68.